The fraction of sp³-hybridized carbons (Fsp3) is 0.154. The van der Waals surface area contributed by atoms with Crippen molar-refractivity contribution in [3.8, 4) is 11.5 Å². The number of ketones is 1. The summed E-state index contributed by atoms with van der Waals surface area (Å²) in [4.78, 5) is 11.3. The Bertz CT molecular complexity index is 558. The molecule has 2 aromatic carbocycles. The lowest BCUT2D eigenvalue weighted by molar-refractivity contribution is 0.101. The maximum Gasteiger partial charge on any atom is 0.163 e. The number of phenols is 1. The highest BCUT2D eigenvalue weighted by molar-refractivity contribution is 6.04. The van der Waals surface area contributed by atoms with Gasteiger partial charge in [0.2, 0.25) is 0 Å². The van der Waals surface area contributed by atoms with Gasteiger partial charge in [-0.1, -0.05) is 12.1 Å². The van der Waals surface area contributed by atoms with E-state index in [2.05, 4.69) is 0 Å². The number of fused-ring (bicyclic) bond motifs is 1. The van der Waals surface area contributed by atoms with Gasteiger partial charge in [-0.25, -0.2) is 0 Å². The zero-order chi connectivity index (χ0) is 11.7. The predicted octanol–water partition coefficient (Wildman–Crippen LogP) is 2.76. The molecule has 0 heterocycles. The van der Waals surface area contributed by atoms with E-state index in [0.717, 1.165) is 5.39 Å². The number of hydrogen-bond donors (Lipinski definition) is 1. The molecule has 0 atom stereocenters. The van der Waals surface area contributed by atoms with Gasteiger partial charge in [0.15, 0.2) is 5.78 Å². The lowest BCUT2D eigenvalue weighted by Crippen LogP contribution is -1.93. The molecular formula is C13H12O3. The van der Waals surface area contributed by atoms with E-state index in [1.807, 2.05) is 6.07 Å². The van der Waals surface area contributed by atoms with Gasteiger partial charge < -0.3 is 9.84 Å². The molecule has 3 nitrogen and oxygen atoms in total. The lowest BCUT2D eigenvalue weighted by Gasteiger charge is -2.08. The number of phenolic OH excluding ortho intramolecular Hbond substituents is 1. The van der Waals surface area contributed by atoms with Crippen LogP contribution in [0.4, 0.5) is 0 Å². The molecule has 0 bridgehead atoms. The van der Waals surface area contributed by atoms with Crippen molar-refractivity contribution in [2.24, 2.45) is 0 Å². The van der Waals surface area contributed by atoms with E-state index < -0.39 is 0 Å². The minimum absolute atomic E-state index is 0.0175. The van der Waals surface area contributed by atoms with Gasteiger partial charge in [0.1, 0.15) is 11.5 Å². The topological polar surface area (TPSA) is 46.5 Å². The van der Waals surface area contributed by atoms with Gasteiger partial charge in [-0.3, -0.25) is 4.79 Å². The first-order valence-corrected chi connectivity index (χ1v) is 4.94. The highest BCUT2D eigenvalue weighted by atomic mass is 16.5. The first-order chi connectivity index (χ1) is 7.65. The van der Waals surface area contributed by atoms with Crippen molar-refractivity contribution in [2.75, 3.05) is 7.11 Å². The zero-order valence-electron chi connectivity index (χ0n) is 9.15. The van der Waals surface area contributed by atoms with Crippen LogP contribution in [0.15, 0.2) is 30.3 Å². The van der Waals surface area contributed by atoms with Crippen molar-refractivity contribution in [3.63, 3.8) is 0 Å². The second-order valence-corrected chi connectivity index (χ2v) is 3.57. The summed E-state index contributed by atoms with van der Waals surface area (Å²) in [6.07, 6.45) is 0. The first kappa shape index (κ1) is 10.5. The van der Waals surface area contributed by atoms with Crippen molar-refractivity contribution in [3.05, 3.63) is 35.9 Å². The third-order valence-corrected chi connectivity index (χ3v) is 2.59. The number of carbonyl (C=O) groups excluding carboxylic acids is 1. The molecule has 0 aromatic heterocycles. The van der Waals surface area contributed by atoms with Crippen LogP contribution in [0.5, 0.6) is 11.5 Å². The third-order valence-electron chi connectivity index (χ3n) is 2.59. The maximum atomic E-state index is 11.3. The van der Waals surface area contributed by atoms with Crippen LogP contribution in [-0.2, 0) is 0 Å². The summed E-state index contributed by atoms with van der Waals surface area (Å²) in [6, 6.07) is 8.76. The molecule has 0 unspecified atom stereocenters. The van der Waals surface area contributed by atoms with Crippen LogP contribution in [-0.4, -0.2) is 18.0 Å². The molecule has 0 fully saturated rings. The molecule has 0 spiro atoms. The first-order valence-electron chi connectivity index (χ1n) is 4.94. The van der Waals surface area contributed by atoms with Crippen LogP contribution < -0.4 is 4.74 Å². The second kappa shape index (κ2) is 3.85. The van der Waals surface area contributed by atoms with Crippen LogP contribution in [0.2, 0.25) is 0 Å². The van der Waals surface area contributed by atoms with Gasteiger partial charge in [-0.05, 0) is 25.1 Å². The number of Topliss-reactive ketones (excluding diaryl/α,β-unsaturated/α-hetero) is 1. The Morgan fingerprint density at radius 2 is 1.94 bits per heavy atom. The summed E-state index contributed by atoms with van der Waals surface area (Å²) >= 11 is 0. The Morgan fingerprint density at radius 1 is 1.19 bits per heavy atom. The average Bonchev–Trinajstić information content (AvgIpc) is 2.28. The van der Waals surface area contributed by atoms with Gasteiger partial charge in [0, 0.05) is 10.8 Å². The van der Waals surface area contributed by atoms with Gasteiger partial charge >= 0.3 is 0 Å². The molecule has 0 saturated heterocycles. The molecule has 0 aliphatic rings. The fourth-order valence-corrected chi connectivity index (χ4v) is 1.78. The molecule has 0 aliphatic carbocycles. The van der Waals surface area contributed by atoms with Crippen molar-refractivity contribution in [2.45, 2.75) is 6.92 Å². The van der Waals surface area contributed by atoms with Crippen molar-refractivity contribution in [1.82, 2.24) is 0 Å². The van der Waals surface area contributed by atoms with Crippen LogP contribution >= 0.6 is 0 Å². The number of hydrogen-bond acceptors (Lipinski definition) is 3. The average molecular weight is 216 g/mol. The van der Waals surface area contributed by atoms with E-state index in [1.165, 1.54) is 6.92 Å². The number of carbonyl (C=O) groups is 1. The Hall–Kier alpha value is -2.03. The number of benzene rings is 2. The molecular weight excluding hydrogens is 204 g/mol. The summed E-state index contributed by atoms with van der Waals surface area (Å²) in [7, 11) is 1.57. The quantitative estimate of drug-likeness (QED) is 0.785. The highest BCUT2D eigenvalue weighted by Crippen LogP contribution is 2.34. The van der Waals surface area contributed by atoms with Crippen LogP contribution in [0, 0.1) is 0 Å². The molecule has 2 aromatic rings. The molecule has 82 valence electrons. The summed E-state index contributed by atoms with van der Waals surface area (Å²) < 4.78 is 5.19. The predicted molar refractivity (Wildman–Crippen MR) is 62.2 cm³/mol. The van der Waals surface area contributed by atoms with E-state index in [0.29, 0.717) is 16.7 Å². The molecule has 1 N–H and O–H groups in total. The third kappa shape index (κ3) is 1.50. The van der Waals surface area contributed by atoms with Gasteiger partial charge in [0.05, 0.1) is 12.7 Å². The van der Waals surface area contributed by atoms with Crippen molar-refractivity contribution >= 4 is 16.6 Å². The van der Waals surface area contributed by atoms with Gasteiger partial charge in [-0.15, -0.1) is 0 Å². The molecule has 0 aliphatic heterocycles. The van der Waals surface area contributed by atoms with Crippen LogP contribution in [0.1, 0.15) is 17.3 Å². The zero-order valence-corrected chi connectivity index (χ0v) is 9.15. The molecule has 2 rings (SSSR count). The van der Waals surface area contributed by atoms with E-state index in [1.54, 1.807) is 31.4 Å². The van der Waals surface area contributed by atoms with E-state index in [-0.39, 0.29) is 11.5 Å². The molecule has 0 amide bonds. The van der Waals surface area contributed by atoms with Crippen LogP contribution in [0.3, 0.4) is 0 Å². The minimum Gasteiger partial charge on any atom is -0.507 e. The largest absolute Gasteiger partial charge is 0.507 e. The SMILES string of the molecule is COc1cccc2c(O)c(C(C)=O)ccc12. The molecule has 0 radical (unpaired) electrons. The summed E-state index contributed by atoms with van der Waals surface area (Å²) in [5.74, 6) is 0.550. The smallest absolute Gasteiger partial charge is 0.163 e. The minimum atomic E-state index is -0.151. The Morgan fingerprint density at radius 3 is 2.56 bits per heavy atom. The number of aromatic hydroxyl groups is 1. The van der Waals surface area contributed by atoms with Gasteiger partial charge in [0.25, 0.3) is 0 Å². The normalized spacial score (nSPS) is 10.4. The summed E-state index contributed by atoms with van der Waals surface area (Å²) in [5.41, 5.74) is 0.334. The van der Waals surface area contributed by atoms with E-state index in [4.69, 9.17) is 4.74 Å². The monoisotopic (exact) mass is 216 g/mol. The number of ether oxygens (including phenoxy) is 1. The van der Waals surface area contributed by atoms with Crippen molar-refractivity contribution in [1.29, 1.82) is 0 Å². The van der Waals surface area contributed by atoms with Gasteiger partial charge in [-0.2, -0.15) is 0 Å². The Kier molecular flexibility index (Phi) is 2.52. The summed E-state index contributed by atoms with van der Waals surface area (Å²) in [5, 5.41) is 11.4. The molecule has 3 heteroatoms. The number of methoxy groups -OCH3 is 1. The van der Waals surface area contributed by atoms with E-state index >= 15 is 0 Å². The summed E-state index contributed by atoms with van der Waals surface area (Å²) in [6.45, 7) is 1.43. The van der Waals surface area contributed by atoms with Crippen LogP contribution in [0.25, 0.3) is 10.8 Å². The maximum absolute atomic E-state index is 11.3. The Balaban J connectivity index is 2.81. The van der Waals surface area contributed by atoms with Crippen molar-refractivity contribution < 1.29 is 14.6 Å². The van der Waals surface area contributed by atoms with E-state index in [9.17, 15) is 9.90 Å². The fourth-order valence-electron chi connectivity index (χ4n) is 1.78. The number of rotatable bonds is 2. The highest BCUT2D eigenvalue weighted by Gasteiger charge is 2.11. The second-order valence-electron chi connectivity index (χ2n) is 3.57. The lowest BCUT2D eigenvalue weighted by atomic mass is 10.0. The molecule has 0 saturated carbocycles. The molecule has 16 heavy (non-hydrogen) atoms. The Labute approximate surface area is 93.3 Å². The standard InChI is InChI=1S/C13H12O3/c1-8(14)9-6-7-10-11(13(9)15)4-3-5-12(10)16-2/h3-7,15H,1-2H3.